The molecule has 7 heteroatoms. The molecule has 2 saturated heterocycles. The van der Waals surface area contributed by atoms with Gasteiger partial charge in [-0.1, -0.05) is 30.3 Å². The molecule has 2 aromatic rings. The molecule has 7 nitrogen and oxygen atoms in total. The van der Waals surface area contributed by atoms with E-state index in [1.54, 1.807) is 4.90 Å². The Morgan fingerprint density at radius 1 is 0.943 bits per heavy atom. The number of nitrogens with one attached hydrogen (secondary N) is 1. The molecular formula is C28H34N4O3. The number of carbonyl (C=O) groups is 3. The van der Waals surface area contributed by atoms with Gasteiger partial charge in [0, 0.05) is 50.4 Å². The molecular weight excluding hydrogens is 440 g/mol. The van der Waals surface area contributed by atoms with Crippen LogP contribution in [0.3, 0.4) is 0 Å². The molecule has 5 rings (SSSR count). The first-order valence-electron chi connectivity index (χ1n) is 12.8. The Hall–Kier alpha value is -3.19. The Labute approximate surface area is 207 Å². The lowest BCUT2D eigenvalue weighted by Crippen LogP contribution is -2.52. The van der Waals surface area contributed by atoms with Crippen LogP contribution in [0.1, 0.15) is 52.7 Å². The van der Waals surface area contributed by atoms with Gasteiger partial charge in [0.25, 0.3) is 5.91 Å². The minimum absolute atomic E-state index is 0.0946. The number of unbranched alkanes of at least 4 members (excludes halogenated alkanes) is 1. The van der Waals surface area contributed by atoms with E-state index < -0.39 is 6.04 Å². The minimum atomic E-state index is -0.557. The van der Waals surface area contributed by atoms with Crippen LogP contribution >= 0.6 is 0 Å². The minimum Gasteiger partial charge on any atom is -0.369 e. The second kappa shape index (κ2) is 10.2. The number of nitrogens with zero attached hydrogens (tertiary/aromatic N) is 3. The van der Waals surface area contributed by atoms with E-state index in [0.717, 1.165) is 57.5 Å². The van der Waals surface area contributed by atoms with Crippen molar-refractivity contribution in [1.82, 2.24) is 15.1 Å². The van der Waals surface area contributed by atoms with Gasteiger partial charge in [-0.15, -0.1) is 0 Å². The van der Waals surface area contributed by atoms with Gasteiger partial charge in [0.15, 0.2) is 0 Å². The number of aryl methyl sites for hydroxylation is 2. The third-order valence-corrected chi connectivity index (χ3v) is 7.68. The Morgan fingerprint density at radius 2 is 1.74 bits per heavy atom. The normalized spacial score (nSPS) is 20.8. The number of hydrogen-bond acceptors (Lipinski definition) is 5. The van der Waals surface area contributed by atoms with Gasteiger partial charge in [-0.05, 0) is 68.0 Å². The highest BCUT2D eigenvalue weighted by molar-refractivity contribution is 6.05. The fourth-order valence-electron chi connectivity index (χ4n) is 5.67. The number of hydrogen-bond donors (Lipinski definition) is 1. The fraction of sp³-hybridized carbons (Fsp3) is 0.464. The SMILES string of the molecule is Cc1ccccc1N1CCN(CCCCc2cccc3c2CN(C2CCC(=O)NC2=O)C3=O)CC1. The number of piperazine rings is 1. The molecule has 0 bridgehead atoms. The van der Waals surface area contributed by atoms with E-state index in [0.29, 0.717) is 18.5 Å². The third kappa shape index (κ3) is 4.96. The summed E-state index contributed by atoms with van der Waals surface area (Å²) >= 11 is 0. The van der Waals surface area contributed by atoms with Crippen LogP contribution in [0.5, 0.6) is 0 Å². The second-order valence-electron chi connectivity index (χ2n) is 9.92. The van der Waals surface area contributed by atoms with Gasteiger partial charge in [-0.2, -0.15) is 0 Å². The quantitative estimate of drug-likeness (QED) is 0.494. The number of carbonyl (C=O) groups excluding carboxylic acids is 3. The Morgan fingerprint density at radius 3 is 2.51 bits per heavy atom. The Balaban J connectivity index is 1.11. The highest BCUT2D eigenvalue weighted by atomic mass is 16.2. The largest absolute Gasteiger partial charge is 0.369 e. The maximum absolute atomic E-state index is 13.0. The zero-order valence-corrected chi connectivity index (χ0v) is 20.5. The molecule has 0 radical (unpaired) electrons. The van der Waals surface area contributed by atoms with E-state index in [1.807, 2.05) is 12.1 Å². The lowest BCUT2D eigenvalue weighted by molar-refractivity contribution is -0.136. The summed E-state index contributed by atoms with van der Waals surface area (Å²) in [5.41, 5.74) is 5.65. The van der Waals surface area contributed by atoms with Gasteiger partial charge in [0.1, 0.15) is 6.04 Å². The van der Waals surface area contributed by atoms with Crippen molar-refractivity contribution in [2.24, 2.45) is 0 Å². The van der Waals surface area contributed by atoms with Gasteiger partial charge in [0.05, 0.1) is 0 Å². The number of imide groups is 1. The molecule has 3 aliphatic rings. The summed E-state index contributed by atoms with van der Waals surface area (Å²) in [5, 5.41) is 2.38. The fourth-order valence-corrected chi connectivity index (χ4v) is 5.67. The predicted molar refractivity (Wildman–Crippen MR) is 135 cm³/mol. The maximum Gasteiger partial charge on any atom is 0.255 e. The first-order chi connectivity index (χ1) is 17.0. The molecule has 35 heavy (non-hydrogen) atoms. The zero-order valence-electron chi connectivity index (χ0n) is 20.5. The molecule has 1 N–H and O–H groups in total. The van der Waals surface area contributed by atoms with Gasteiger partial charge in [0.2, 0.25) is 11.8 Å². The standard InChI is InChI=1S/C28H34N4O3/c1-20-7-2-3-11-24(20)31-17-15-30(16-18-31)14-5-4-8-21-9-6-10-22-23(21)19-32(28(22)35)25-12-13-26(33)29-27(25)34/h2-3,6-7,9-11,25H,4-5,8,12-19H2,1H3,(H,29,33,34). The van der Waals surface area contributed by atoms with Crippen LogP contribution in [0.15, 0.2) is 42.5 Å². The first kappa shape index (κ1) is 23.5. The van der Waals surface area contributed by atoms with Gasteiger partial charge >= 0.3 is 0 Å². The lowest BCUT2D eigenvalue weighted by atomic mass is 9.98. The van der Waals surface area contributed by atoms with Crippen LogP contribution in [0.2, 0.25) is 0 Å². The van der Waals surface area contributed by atoms with Crippen LogP contribution in [-0.4, -0.2) is 66.3 Å². The van der Waals surface area contributed by atoms with Crippen LogP contribution in [0, 0.1) is 6.92 Å². The molecule has 3 aliphatic heterocycles. The number of para-hydroxylation sites is 1. The molecule has 0 saturated carbocycles. The monoisotopic (exact) mass is 474 g/mol. The number of piperidine rings is 1. The molecule has 1 unspecified atom stereocenters. The van der Waals surface area contributed by atoms with E-state index in [1.165, 1.54) is 16.8 Å². The van der Waals surface area contributed by atoms with Gasteiger partial charge in [-0.3, -0.25) is 24.6 Å². The lowest BCUT2D eigenvalue weighted by Gasteiger charge is -2.36. The van der Waals surface area contributed by atoms with E-state index >= 15 is 0 Å². The molecule has 2 fully saturated rings. The van der Waals surface area contributed by atoms with E-state index in [-0.39, 0.29) is 24.1 Å². The van der Waals surface area contributed by atoms with Crippen molar-refractivity contribution in [3.05, 3.63) is 64.7 Å². The van der Waals surface area contributed by atoms with Crippen LogP contribution in [0.25, 0.3) is 0 Å². The van der Waals surface area contributed by atoms with Crippen LogP contribution in [0.4, 0.5) is 5.69 Å². The summed E-state index contributed by atoms with van der Waals surface area (Å²) in [6.45, 7) is 8.04. The van der Waals surface area contributed by atoms with Crippen molar-refractivity contribution in [2.75, 3.05) is 37.6 Å². The Bertz CT molecular complexity index is 1120. The molecule has 3 amide bonds. The number of amides is 3. The highest BCUT2D eigenvalue weighted by Gasteiger charge is 2.39. The second-order valence-corrected chi connectivity index (χ2v) is 9.92. The summed E-state index contributed by atoms with van der Waals surface area (Å²) in [5.74, 6) is -0.706. The maximum atomic E-state index is 13.0. The van der Waals surface area contributed by atoms with E-state index in [4.69, 9.17) is 0 Å². The van der Waals surface area contributed by atoms with Crippen molar-refractivity contribution in [3.63, 3.8) is 0 Å². The van der Waals surface area contributed by atoms with Crippen molar-refractivity contribution in [1.29, 1.82) is 0 Å². The van der Waals surface area contributed by atoms with Crippen molar-refractivity contribution in [2.45, 2.75) is 51.6 Å². The summed E-state index contributed by atoms with van der Waals surface area (Å²) in [4.78, 5) is 43.5. The summed E-state index contributed by atoms with van der Waals surface area (Å²) in [6, 6.07) is 14.0. The predicted octanol–water partition coefficient (Wildman–Crippen LogP) is 2.90. The average Bonchev–Trinajstić information content (AvgIpc) is 3.19. The summed E-state index contributed by atoms with van der Waals surface area (Å²) in [7, 11) is 0. The van der Waals surface area contributed by atoms with Crippen molar-refractivity contribution >= 4 is 23.4 Å². The molecule has 184 valence electrons. The van der Waals surface area contributed by atoms with Crippen molar-refractivity contribution in [3.8, 4) is 0 Å². The zero-order chi connectivity index (χ0) is 24.4. The smallest absolute Gasteiger partial charge is 0.255 e. The molecule has 0 aromatic heterocycles. The van der Waals surface area contributed by atoms with Crippen LogP contribution in [-0.2, 0) is 22.6 Å². The van der Waals surface area contributed by atoms with E-state index in [9.17, 15) is 14.4 Å². The highest BCUT2D eigenvalue weighted by Crippen LogP contribution is 2.30. The third-order valence-electron chi connectivity index (χ3n) is 7.68. The summed E-state index contributed by atoms with van der Waals surface area (Å²) in [6.07, 6.45) is 3.81. The Kier molecular flexibility index (Phi) is 6.86. The molecule has 1 atom stereocenters. The first-order valence-corrected chi connectivity index (χ1v) is 12.8. The summed E-state index contributed by atoms with van der Waals surface area (Å²) < 4.78 is 0. The number of fused-ring (bicyclic) bond motifs is 1. The number of benzene rings is 2. The number of rotatable bonds is 7. The molecule has 0 spiro atoms. The average molecular weight is 475 g/mol. The van der Waals surface area contributed by atoms with Gasteiger partial charge < -0.3 is 9.80 Å². The van der Waals surface area contributed by atoms with Crippen LogP contribution < -0.4 is 10.2 Å². The molecule has 3 heterocycles. The molecule has 2 aromatic carbocycles. The topological polar surface area (TPSA) is 73.0 Å². The van der Waals surface area contributed by atoms with E-state index in [2.05, 4.69) is 52.4 Å². The van der Waals surface area contributed by atoms with Gasteiger partial charge in [-0.25, -0.2) is 0 Å². The number of anilines is 1. The van der Waals surface area contributed by atoms with Crippen molar-refractivity contribution < 1.29 is 14.4 Å². The molecule has 0 aliphatic carbocycles.